The molecule has 0 bridgehead atoms. The number of aliphatic hydroxyl groups is 1. The van der Waals surface area contributed by atoms with Crippen molar-refractivity contribution in [1.82, 2.24) is 9.88 Å². The highest BCUT2D eigenvalue weighted by Crippen LogP contribution is 2.41. The number of non-ortho nitro benzene ring substituents is 1. The van der Waals surface area contributed by atoms with Gasteiger partial charge in [0, 0.05) is 36.6 Å². The zero-order chi connectivity index (χ0) is 26.6. The van der Waals surface area contributed by atoms with Crippen LogP contribution in [0, 0.1) is 10.1 Å². The third-order valence-electron chi connectivity index (χ3n) is 6.13. The van der Waals surface area contributed by atoms with E-state index in [4.69, 9.17) is 4.74 Å². The molecule has 9 heteroatoms. The van der Waals surface area contributed by atoms with Crippen molar-refractivity contribution in [1.29, 1.82) is 0 Å². The van der Waals surface area contributed by atoms with E-state index >= 15 is 0 Å². The van der Waals surface area contributed by atoms with Crippen LogP contribution in [-0.2, 0) is 16.1 Å². The minimum atomic E-state index is -0.971. The average Bonchev–Trinajstić information content (AvgIpc) is 3.19. The second-order valence-corrected chi connectivity index (χ2v) is 8.58. The Hall–Kier alpha value is -5.31. The number of aromatic nitrogens is 1. The summed E-state index contributed by atoms with van der Waals surface area (Å²) in [5.74, 6) is -1.11. The number of nitro benzene ring substituents is 1. The van der Waals surface area contributed by atoms with Crippen LogP contribution < -0.4 is 4.74 Å². The van der Waals surface area contributed by atoms with Crippen molar-refractivity contribution in [3.8, 4) is 11.5 Å². The second-order valence-electron chi connectivity index (χ2n) is 8.58. The number of likely N-dealkylation sites (tertiary alicyclic amines) is 1. The quantitative estimate of drug-likeness (QED) is 0.117. The van der Waals surface area contributed by atoms with Gasteiger partial charge in [-0.05, 0) is 47.5 Å². The van der Waals surface area contributed by atoms with Gasteiger partial charge >= 0.3 is 0 Å². The van der Waals surface area contributed by atoms with Crippen molar-refractivity contribution in [3.05, 3.63) is 136 Å². The van der Waals surface area contributed by atoms with E-state index < -0.39 is 28.4 Å². The summed E-state index contributed by atoms with van der Waals surface area (Å²) in [4.78, 5) is 42.6. The number of hydrogen-bond acceptors (Lipinski definition) is 7. The fourth-order valence-corrected chi connectivity index (χ4v) is 4.37. The number of amides is 1. The number of pyridine rings is 1. The molecular weight excluding hydrogens is 486 g/mol. The fourth-order valence-electron chi connectivity index (χ4n) is 4.37. The van der Waals surface area contributed by atoms with E-state index in [2.05, 4.69) is 4.98 Å². The molecule has 188 valence electrons. The Balaban J connectivity index is 1.63. The average molecular weight is 508 g/mol. The van der Waals surface area contributed by atoms with E-state index in [-0.39, 0.29) is 23.4 Å². The van der Waals surface area contributed by atoms with Gasteiger partial charge in [0.2, 0.25) is 0 Å². The van der Waals surface area contributed by atoms with Crippen molar-refractivity contribution in [2.45, 2.75) is 12.6 Å². The molecule has 1 aromatic heterocycles. The molecule has 0 spiro atoms. The van der Waals surface area contributed by atoms with Crippen LogP contribution in [0.15, 0.2) is 109 Å². The zero-order valence-electron chi connectivity index (χ0n) is 19.9. The molecule has 1 saturated heterocycles. The third kappa shape index (κ3) is 4.85. The predicted molar refractivity (Wildman–Crippen MR) is 138 cm³/mol. The van der Waals surface area contributed by atoms with Gasteiger partial charge in [0.05, 0.1) is 16.5 Å². The first kappa shape index (κ1) is 24.4. The summed E-state index contributed by atoms with van der Waals surface area (Å²) in [6.45, 7) is 0.0766. The maximum absolute atomic E-state index is 13.3. The highest BCUT2D eigenvalue weighted by atomic mass is 16.6. The summed E-state index contributed by atoms with van der Waals surface area (Å²) in [7, 11) is 0. The lowest BCUT2D eigenvalue weighted by molar-refractivity contribution is -0.384. The summed E-state index contributed by atoms with van der Waals surface area (Å²) in [6, 6.07) is 23.8. The van der Waals surface area contributed by atoms with E-state index in [1.165, 1.54) is 23.1 Å². The van der Waals surface area contributed by atoms with E-state index in [1.807, 2.05) is 18.2 Å². The lowest BCUT2D eigenvalue weighted by atomic mass is 9.95. The van der Waals surface area contributed by atoms with E-state index in [1.54, 1.807) is 60.9 Å². The lowest BCUT2D eigenvalue weighted by Crippen LogP contribution is -2.29. The molecule has 1 N–H and O–H groups in total. The Morgan fingerprint density at radius 2 is 1.63 bits per heavy atom. The van der Waals surface area contributed by atoms with Gasteiger partial charge in [0.25, 0.3) is 17.4 Å². The third-order valence-corrected chi connectivity index (χ3v) is 6.13. The maximum atomic E-state index is 13.3. The van der Waals surface area contributed by atoms with Crippen LogP contribution in [0.25, 0.3) is 5.76 Å². The van der Waals surface area contributed by atoms with Crippen molar-refractivity contribution in [2.24, 2.45) is 0 Å². The number of carbonyl (C=O) groups excluding carboxylic acids is 2. The number of nitro groups is 1. The Labute approximate surface area is 217 Å². The van der Waals surface area contributed by atoms with Crippen LogP contribution in [-0.4, -0.2) is 31.6 Å². The number of benzene rings is 3. The highest BCUT2D eigenvalue weighted by molar-refractivity contribution is 6.46. The fraction of sp³-hybridized carbons (Fsp3) is 0.0690. The Kier molecular flexibility index (Phi) is 6.65. The van der Waals surface area contributed by atoms with Gasteiger partial charge < -0.3 is 14.7 Å². The number of para-hydroxylation sites is 1. The summed E-state index contributed by atoms with van der Waals surface area (Å²) in [5.41, 5.74) is 0.900. The normalized spacial score (nSPS) is 16.4. The summed E-state index contributed by atoms with van der Waals surface area (Å²) >= 11 is 0. The molecule has 0 aliphatic carbocycles. The Morgan fingerprint density at radius 1 is 0.921 bits per heavy atom. The van der Waals surface area contributed by atoms with Crippen LogP contribution in [0.5, 0.6) is 11.5 Å². The van der Waals surface area contributed by atoms with Crippen LogP contribution in [0.1, 0.15) is 22.7 Å². The number of ketones is 1. The molecule has 2 heterocycles. The number of aliphatic hydroxyl groups excluding tert-OH is 1. The molecule has 1 unspecified atom stereocenters. The monoisotopic (exact) mass is 507 g/mol. The minimum absolute atomic E-state index is 0.0581. The van der Waals surface area contributed by atoms with Crippen LogP contribution in [0.4, 0.5) is 5.69 Å². The molecule has 1 aliphatic heterocycles. The van der Waals surface area contributed by atoms with Gasteiger partial charge in [-0.3, -0.25) is 24.7 Å². The number of hydrogen-bond donors (Lipinski definition) is 1. The maximum Gasteiger partial charge on any atom is 0.295 e. The summed E-state index contributed by atoms with van der Waals surface area (Å²) < 4.78 is 5.96. The standard InChI is InChI=1S/C29H21N3O6/c33-27(21-7-4-8-22(16-21)32(36)37)25-26(31(29(35)28(25)34)18-19-12-14-30-15-13-19)20-6-5-11-24(17-20)38-23-9-2-1-3-10-23/h1-17,26,33H,18H2/b27-25-. The van der Waals surface area contributed by atoms with E-state index in [0.717, 1.165) is 11.6 Å². The molecule has 0 radical (unpaired) electrons. The molecule has 38 heavy (non-hydrogen) atoms. The largest absolute Gasteiger partial charge is 0.507 e. The molecule has 5 rings (SSSR count). The van der Waals surface area contributed by atoms with Crippen LogP contribution in [0.2, 0.25) is 0 Å². The molecule has 1 amide bonds. The molecular formula is C29H21N3O6. The number of rotatable bonds is 7. The van der Waals surface area contributed by atoms with Gasteiger partial charge in [-0.2, -0.15) is 0 Å². The molecule has 1 fully saturated rings. The molecule has 1 aliphatic rings. The topological polar surface area (TPSA) is 123 Å². The number of nitrogens with zero attached hydrogens (tertiary/aromatic N) is 3. The van der Waals surface area contributed by atoms with Crippen molar-refractivity contribution in [3.63, 3.8) is 0 Å². The first-order valence-electron chi connectivity index (χ1n) is 11.7. The highest BCUT2D eigenvalue weighted by Gasteiger charge is 2.46. The van der Waals surface area contributed by atoms with E-state index in [0.29, 0.717) is 17.1 Å². The van der Waals surface area contributed by atoms with Gasteiger partial charge in [-0.1, -0.05) is 42.5 Å². The van der Waals surface area contributed by atoms with Gasteiger partial charge in [0.15, 0.2) is 0 Å². The summed E-state index contributed by atoms with van der Waals surface area (Å²) in [5, 5.41) is 22.6. The first-order chi connectivity index (χ1) is 18.4. The first-order valence-corrected chi connectivity index (χ1v) is 11.7. The van der Waals surface area contributed by atoms with Gasteiger partial charge in [0.1, 0.15) is 17.3 Å². The molecule has 1 atom stereocenters. The van der Waals surface area contributed by atoms with E-state index in [9.17, 15) is 24.8 Å². The summed E-state index contributed by atoms with van der Waals surface area (Å²) in [6.07, 6.45) is 3.16. The predicted octanol–water partition coefficient (Wildman–Crippen LogP) is 5.40. The van der Waals surface area contributed by atoms with Crippen LogP contribution in [0.3, 0.4) is 0 Å². The van der Waals surface area contributed by atoms with Crippen molar-refractivity contribution >= 4 is 23.1 Å². The lowest BCUT2D eigenvalue weighted by Gasteiger charge is -2.25. The SMILES string of the molecule is O=C1C(=O)N(Cc2ccncc2)C(c2cccc(Oc3ccccc3)c2)/C1=C(/O)c1cccc([N+](=O)[O-])c1. The zero-order valence-corrected chi connectivity index (χ0v) is 19.9. The van der Waals surface area contributed by atoms with Crippen molar-refractivity contribution in [2.75, 3.05) is 0 Å². The Bertz CT molecular complexity index is 1550. The number of ether oxygens (including phenoxy) is 1. The number of carbonyl (C=O) groups is 2. The second kappa shape index (κ2) is 10.4. The van der Waals surface area contributed by atoms with Gasteiger partial charge in [-0.25, -0.2) is 0 Å². The van der Waals surface area contributed by atoms with Crippen molar-refractivity contribution < 1.29 is 24.4 Å². The smallest absolute Gasteiger partial charge is 0.295 e. The van der Waals surface area contributed by atoms with Gasteiger partial charge in [-0.15, -0.1) is 0 Å². The molecule has 3 aromatic carbocycles. The minimum Gasteiger partial charge on any atom is -0.507 e. The number of Topliss-reactive ketones (excluding diaryl/α,β-unsaturated/α-hetero) is 1. The molecule has 4 aromatic rings. The molecule has 9 nitrogen and oxygen atoms in total. The van der Waals surface area contributed by atoms with Crippen LogP contribution >= 0.6 is 0 Å². The molecule has 0 saturated carbocycles. The Morgan fingerprint density at radius 3 is 2.37 bits per heavy atom.